The number of aliphatic imine (C=N–C) groups is 2. The first-order valence-electron chi connectivity index (χ1n) is 14.2. The van der Waals surface area contributed by atoms with Crippen LogP contribution in [0, 0.1) is 6.92 Å². The zero-order chi connectivity index (χ0) is 31.7. The summed E-state index contributed by atoms with van der Waals surface area (Å²) in [6, 6.07) is 24.3. The number of nitrogens with zero attached hydrogens (tertiary/aromatic N) is 2. The number of benzene rings is 3. The van der Waals surface area contributed by atoms with Gasteiger partial charge in [0.1, 0.15) is 18.0 Å². The summed E-state index contributed by atoms with van der Waals surface area (Å²) >= 11 is 0. The second kappa shape index (κ2) is 14.7. The first-order valence-corrected chi connectivity index (χ1v) is 14.2. The number of methoxy groups -OCH3 is 3. The van der Waals surface area contributed by atoms with Crippen molar-refractivity contribution in [2.24, 2.45) is 9.98 Å². The van der Waals surface area contributed by atoms with E-state index in [1.807, 2.05) is 92.7 Å². The van der Waals surface area contributed by atoms with Gasteiger partial charge in [0.05, 0.1) is 34.5 Å². The van der Waals surface area contributed by atoms with Gasteiger partial charge in [-0.3, -0.25) is 0 Å². The maximum absolute atomic E-state index is 12.6. The van der Waals surface area contributed by atoms with Gasteiger partial charge in [-0.05, 0) is 62.7 Å². The molecule has 0 unspecified atom stereocenters. The fourth-order valence-electron chi connectivity index (χ4n) is 4.63. The van der Waals surface area contributed by atoms with Crippen LogP contribution in [0.5, 0.6) is 5.75 Å². The van der Waals surface area contributed by atoms with Crippen molar-refractivity contribution in [2.75, 3.05) is 27.9 Å². The standard InChI is InChI=1S/C21H23NO5.C13H15NO3/c1-15-21(20(23)25-3,14-26-13-16-7-5-4-6-8-16)22-19(27-15)17-9-11-18(24-2)12-10-17;1-8-4-6-10(7-5-8)12-14-11(9(2)17-12)13(15)16-3/h4-12,15H,13-14H2,1-3H3;4-7,9,11H,1-3H3/t15-,21-;9-,11+/m11/s1. The first-order chi connectivity index (χ1) is 21.2. The number of ether oxygens (including phenoxy) is 6. The molecule has 0 aliphatic carbocycles. The number of carbonyl (C=O) groups is 2. The Balaban J connectivity index is 0.000000223. The molecule has 5 rings (SSSR count). The lowest BCUT2D eigenvalue weighted by molar-refractivity contribution is -0.152. The van der Waals surface area contributed by atoms with Crippen LogP contribution in [0.15, 0.2) is 88.8 Å². The predicted octanol–water partition coefficient (Wildman–Crippen LogP) is 4.69. The maximum atomic E-state index is 12.6. The SMILES string of the molecule is COC(=O)[C@H]1N=C(c2ccc(C)cc2)O[C@@H]1C.COC(=O)[C@]1(COCc2ccccc2)N=C(c2ccc(OC)cc2)O[C@@H]1C. The molecule has 0 N–H and O–H groups in total. The lowest BCUT2D eigenvalue weighted by Gasteiger charge is -2.26. The van der Waals surface area contributed by atoms with Crippen LogP contribution in [0.1, 0.15) is 36.1 Å². The number of hydrogen-bond donors (Lipinski definition) is 0. The highest BCUT2D eigenvalue weighted by Gasteiger charge is 2.52. The van der Waals surface area contributed by atoms with Crippen molar-refractivity contribution in [3.05, 3.63) is 101 Å². The van der Waals surface area contributed by atoms with E-state index in [0.717, 1.165) is 22.4 Å². The predicted molar refractivity (Wildman–Crippen MR) is 165 cm³/mol. The van der Waals surface area contributed by atoms with Crippen LogP contribution >= 0.6 is 0 Å². The highest BCUT2D eigenvalue weighted by molar-refractivity contribution is 6.00. The topological polar surface area (TPSA) is 114 Å². The molecular formula is C34H38N2O8. The van der Waals surface area contributed by atoms with E-state index in [-0.39, 0.29) is 18.7 Å². The first kappa shape index (κ1) is 32.2. The fraction of sp³-hybridized carbons (Fsp3) is 0.353. The Bertz CT molecular complexity index is 1470. The Morgan fingerprint density at radius 3 is 2.07 bits per heavy atom. The van der Waals surface area contributed by atoms with Crippen molar-refractivity contribution in [3.8, 4) is 5.75 Å². The molecule has 2 aliphatic heterocycles. The lowest BCUT2D eigenvalue weighted by Crippen LogP contribution is -2.49. The smallest absolute Gasteiger partial charge is 0.340 e. The van der Waals surface area contributed by atoms with Crippen LogP contribution in [0.3, 0.4) is 0 Å². The van der Waals surface area contributed by atoms with E-state index in [2.05, 4.69) is 14.7 Å². The van der Waals surface area contributed by atoms with Gasteiger partial charge in [-0.25, -0.2) is 19.6 Å². The largest absolute Gasteiger partial charge is 0.497 e. The highest BCUT2D eigenvalue weighted by atomic mass is 16.6. The molecule has 2 heterocycles. The zero-order valence-corrected chi connectivity index (χ0v) is 25.8. The molecule has 10 nitrogen and oxygen atoms in total. The van der Waals surface area contributed by atoms with Gasteiger partial charge in [0, 0.05) is 11.1 Å². The lowest BCUT2D eigenvalue weighted by atomic mass is 9.96. The Morgan fingerprint density at radius 2 is 1.45 bits per heavy atom. The van der Waals surface area contributed by atoms with Crippen molar-refractivity contribution in [3.63, 3.8) is 0 Å². The van der Waals surface area contributed by atoms with E-state index in [1.54, 1.807) is 14.0 Å². The second-order valence-electron chi connectivity index (χ2n) is 10.4. The Hall–Kier alpha value is -4.70. The van der Waals surface area contributed by atoms with E-state index >= 15 is 0 Å². The molecule has 3 aromatic rings. The van der Waals surface area contributed by atoms with Crippen LogP contribution in [0.2, 0.25) is 0 Å². The number of carbonyl (C=O) groups excluding carboxylic acids is 2. The molecule has 0 radical (unpaired) electrons. The molecule has 0 aromatic heterocycles. The molecule has 0 amide bonds. The van der Waals surface area contributed by atoms with Crippen LogP contribution in [0.4, 0.5) is 0 Å². The molecule has 3 aromatic carbocycles. The summed E-state index contributed by atoms with van der Waals surface area (Å²) < 4.78 is 32.1. The van der Waals surface area contributed by atoms with E-state index in [1.165, 1.54) is 19.8 Å². The van der Waals surface area contributed by atoms with Crippen LogP contribution in [-0.4, -0.2) is 75.5 Å². The van der Waals surface area contributed by atoms with Gasteiger partial charge in [0.2, 0.25) is 17.3 Å². The summed E-state index contributed by atoms with van der Waals surface area (Å²) in [5.74, 6) is 0.786. The summed E-state index contributed by atoms with van der Waals surface area (Å²) in [5, 5.41) is 0. The van der Waals surface area contributed by atoms with E-state index in [0.29, 0.717) is 18.4 Å². The maximum Gasteiger partial charge on any atom is 0.340 e. The van der Waals surface area contributed by atoms with Gasteiger partial charge >= 0.3 is 11.9 Å². The van der Waals surface area contributed by atoms with Crippen molar-refractivity contribution in [1.82, 2.24) is 0 Å². The Kier molecular flexibility index (Phi) is 10.7. The van der Waals surface area contributed by atoms with Crippen LogP contribution in [0.25, 0.3) is 0 Å². The molecule has 0 bridgehead atoms. The Labute approximate surface area is 257 Å². The van der Waals surface area contributed by atoms with Gasteiger partial charge in [-0.2, -0.15) is 0 Å². The van der Waals surface area contributed by atoms with E-state index < -0.39 is 23.7 Å². The van der Waals surface area contributed by atoms with Crippen LogP contribution in [-0.2, 0) is 39.9 Å². The number of rotatable bonds is 9. The van der Waals surface area contributed by atoms with Crippen molar-refractivity contribution in [2.45, 2.75) is 51.2 Å². The minimum absolute atomic E-state index is 0.0649. The molecule has 44 heavy (non-hydrogen) atoms. The minimum Gasteiger partial charge on any atom is -0.497 e. The zero-order valence-electron chi connectivity index (χ0n) is 25.8. The molecule has 0 fully saturated rings. The summed E-state index contributed by atoms with van der Waals surface area (Å²) in [6.07, 6.45) is -0.795. The molecular weight excluding hydrogens is 564 g/mol. The quantitative estimate of drug-likeness (QED) is 0.324. The summed E-state index contributed by atoms with van der Waals surface area (Å²) in [6.45, 7) is 6.06. The van der Waals surface area contributed by atoms with Crippen molar-refractivity contribution in [1.29, 1.82) is 0 Å². The third-order valence-electron chi connectivity index (χ3n) is 7.31. The normalized spacial score (nSPS) is 21.9. The highest BCUT2D eigenvalue weighted by Crippen LogP contribution is 2.31. The summed E-state index contributed by atoms with van der Waals surface area (Å²) in [4.78, 5) is 32.8. The summed E-state index contributed by atoms with van der Waals surface area (Å²) in [5.41, 5.74) is 2.59. The average molecular weight is 603 g/mol. The molecule has 232 valence electrons. The van der Waals surface area contributed by atoms with Crippen molar-refractivity contribution >= 4 is 23.7 Å². The minimum atomic E-state index is -1.24. The Morgan fingerprint density at radius 1 is 0.818 bits per heavy atom. The molecule has 10 heteroatoms. The fourth-order valence-corrected chi connectivity index (χ4v) is 4.63. The van der Waals surface area contributed by atoms with Crippen molar-refractivity contribution < 1.29 is 38.0 Å². The third-order valence-corrected chi connectivity index (χ3v) is 7.31. The summed E-state index contributed by atoms with van der Waals surface area (Å²) in [7, 11) is 4.30. The van der Waals surface area contributed by atoms with E-state index in [4.69, 9.17) is 23.7 Å². The van der Waals surface area contributed by atoms with Gasteiger partial charge in [0.15, 0.2) is 6.04 Å². The van der Waals surface area contributed by atoms with Gasteiger partial charge in [-0.1, -0.05) is 48.0 Å². The second-order valence-corrected chi connectivity index (χ2v) is 10.4. The molecule has 4 atom stereocenters. The molecule has 2 aliphatic rings. The number of hydrogen-bond acceptors (Lipinski definition) is 10. The van der Waals surface area contributed by atoms with Gasteiger partial charge in [0.25, 0.3) is 0 Å². The van der Waals surface area contributed by atoms with Gasteiger partial charge in [-0.15, -0.1) is 0 Å². The molecule has 0 saturated carbocycles. The van der Waals surface area contributed by atoms with E-state index in [9.17, 15) is 9.59 Å². The number of esters is 2. The molecule has 0 saturated heterocycles. The monoisotopic (exact) mass is 602 g/mol. The number of aryl methyl sites for hydroxylation is 1. The average Bonchev–Trinajstić information content (AvgIpc) is 3.61. The molecule has 0 spiro atoms. The van der Waals surface area contributed by atoms with Crippen LogP contribution < -0.4 is 4.74 Å². The third kappa shape index (κ3) is 7.44. The van der Waals surface area contributed by atoms with Gasteiger partial charge < -0.3 is 28.4 Å².